The molecular weight excluding hydrogens is 236 g/mol. The second-order valence-corrected chi connectivity index (χ2v) is 3.58. The van der Waals surface area contributed by atoms with Crippen molar-refractivity contribution in [2.45, 2.75) is 6.92 Å². The molecule has 0 fully saturated rings. The zero-order chi connectivity index (χ0) is 13.1. The molecule has 0 saturated carbocycles. The van der Waals surface area contributed by atoms with Gasteiger partial charge in [0.15, 0.2) is 0 Å². The first-order valence-electron chi connectivity index (χ1n) is 5.43. The van der Waals surface area contributed by atoms with Crippen LogP contribution in [0.15, 0.2) is 22.6 Å². The smallest absolute Gasteiger partial charge is 0.374 e. The lowest BCUT2D eigenvalue weighted by Crippen LogP contribution is -2.02. The zero-order valence-corrected chi connectivity index (χ0v) is 10.1. The molecule has 0 atom stereocenters. The number of rotatable bonds is 4. The van der Waals surface area contributed by atoms with Crippen molar-refractivity contribution in [3.05, 3.63) is 29.5 Å². The van der Waals surface area contributed by atoms with Crippen molar-refractivity contribution in [1.29, 1.82) is 0 Å². The number of ether oxygens (including phenoxy) is 2. The standard InChI is InChI=1S/C13H12O5/c1-3-17-13(15)12-6-9-10(16-2)4-8(7-14)5-11(9)18-12/h4-7H,3H2,1-2H3. The number of hydrogen-bond donors (Lipinski definition) is 0. The van der Waals surface area contributed by atoms with Gasteiger partial charge in [-0.3, -0.25) is 4.79 Å². The largest absolute Gasteiger partial charge is 0.496 e. The van der Waals surface area contributed by atoms with E-state index in [0.717, 1.165) is 0 Å². The predicted molar refractivity (Wildman–Crippen MR) is 64.1 cm³/mol. The fraction of sp³-hybridized carbons (Fsp3) is 0.231. The van der Waals surface area contributed by atoms with E-state index >= 15 is 0 Å². The van der Waals surface area contributed by atoms with Crippen LogP contribution in [0.5, 0.6) is 5.75 Å². The Morgan fingerprint density at radius 1 is 1.39 bits per heavy atom. The maximum Gasteiger partial charge on any atom is 0.374 e. The molecule has 0 saturated heterocycles. The first-order chi connectivity index (χ1) is 8.69. The third kappa shape index (κ3) is 2.07. The predicted octanol–water partition coefficient (Wildman–Crippen LogP) is 2.43. The summed E-state index contributed by atoms with van der Waals surface area (Å²) in [6, 6.07) is 4.67. The minimum absolute atomic E-state index is 0.0909. The van der Waals surface area contributed by atoms with E-state index in [1.807, 2.05) is 0 Å². The molecule has 1 heterocycles. The molecule has 0 N–H and O–H groups in total. The van der Waals surface area contributed by atoms with E-state index in [9.17, 15) is 9.59 Å². The van der Waals surface area contributed by atoms with Crippen LogP contribution in [0.3, 0.4) is 0 Å². The Hall–Kier alpha value is -2.30. The average molecular weight is 248 g/mol. The normalized spacial score (nSPS) is 10.3. The quantitative estimate of drug-likeness (QED) is 0.614. The lowest BCUT2D eigenvalue weighted by atomic mass is 10.1. The minimum atomic E-state index is -0.539. The van der Waals surface area contributed by atoms with Gasteiger partial charge in [-0.15, -0.1) is 0 Å². The summed E-state index contributed by atoms with van der Waals surface area (Å²) in [5, 5.41) is 0.631. The Kier molecular flexibility index (Phi) is 3.32. The van der Waals surface area contributed by atoms with Gasteiger partial charge >= 0.3 is 5.97 Å². The van der Waals surface area contributed by atoms with Crippen molar-refractivity contribution in [3.8, 4) is 5.75 Å². The maximum absolute atomic E-state index is 11.5. The summed E-state index contributed by atoms with van der Waals surface area (Å²) in [6.45, 7) is 1.98. The van der Waals surface area contributed by atoms with Crippen molar-refractivity contribution >= 4 is 23.2 Å². The number of fused-ring (bicyclic) bond motifs is 1. The van der Waals surface area contributed by atoms with Crippen molar-refractivity contribution in [2.24, 2.45) is 0 Å². The first kappa shape index (κ1) is 12.2. The van der Waals surface area contributed by atoms with Crippen LogP contribution in [0.4, 0.5) is 0 Å². The second kappa shape index (κ2) is 4.91. The molecule has 94 valence electrons. The van der Waals surface area contributed by atoms with Crippen LogP contribution in [0.1, 0.15) is 27.8 Å². The number of furan rings is 1. The van der Waals surface area contributed by atoms with Gasteiger partial charge in [-0.25, -0.2) is 4.79 Å². The van der Waals surface area contributed by atoms with Gasteiger partial charge in [0.05, 0.1) is 19.1 Å². The number of carbonyl (C=O) groups is 2. The highest BCUT2D eigenvalue weighted by molar-refractivity contribution is 5.97. The topological polar surface area (TPSA) is 65.7 Å². The van der Waals surface area contributed by atoms with Gasteiger partial charge in [-0.05, 0) is 19.1 Å². The number of aldehydes is 1. The molecule has 0 unspecified atom stereocenters. The van der Waals surface area contributed by atoms with Gasteiger partial charge < -0.3 is 13.9 Å². The molecule has 5 nitrogen and oxygen atoms in total. The molecule has 2 aromatic rings. The van der Waals surface area contributed by atoms with Gasteiger partial charge in [-0.1, -0.05) is 0 Å². The SMILES string of the molecule is CCOC(=O)c1cc2c(OC)cc(C=O)cc2o1. The molecule has 0 radical (unpaired) electrons. The average Bonchev–Trinajstić information content (AvgIpc) is 2.81. The van der Waals surface area contributed by atoms with Crippen molar-refractivity contribution < 1.29 is 23.5 Å². The summed E-state index contributed by atoms with van der Waals surface area (Å²) in [5.41, 5.74) is 0.837. The molecule has 2 rings (SSSR count). The maximum atomic E-state index is 11.5. The molecule has 0 aliphatic carbocycles. The van der Waals surface area contributed by atoms with Gasteiger partial charge in [0.2, 0.25) is 5.76 Å². The number of benzene rings is 1. The lowest BCUT2D eigenvalue weighted by molar-refractivity contribution is 0.0492. The molecular formula is C13H12O5. The summed E-state index contributed by atoms with van der Waals surface area (Å²) >= 11 is 0. The van der Waals surface area contributed by atoms with E-state index in [1.54, 1.807) is 25.1 Å². The van der Waals surface area contributed by atoms with Crippen LogP contribution >= 0.6 is 0 Å². The fourth-order valence-corrected chi connectivity index (χ4v) is 1.67. The number of carbonyl (C=O) groups excluding carboxylic acids is 2. The number of hydrogen-bond acceptors (Lipinski definition) is 5. The van der Waals surface area contributed by atoms with Crippen LogP contribution in [-0.2, 0) is 4.74 Å². The van der Waals surface area contributed by atoms with E-state index in [1.165, 1.54) is 7.11 Å². The Bertz CT molecular complexity index is 597. The van der Waals surface area contributed by atoms with E-state index in [-0.39, 0.29) is 12.4 Å². The van der Waals surface area contributed by atoms with Crippen molar-refractivity contribution in [2.75, 3.05) is 13.7 Å². The van der Waals surface area contributed by atoms with E-state index in [0.29, 0.717) is 28.6 Å². The van der Waals surface area contributed by atoms with Crippen LogP contribution in [0.25, 0.3) is 11.0 Å². The summed E-state index contributed by atoms with van der Waals surface area (Å²) in [4.78, 5) is 22.3. The molecule has 1 aromatic heterocycles. The highest BCUT2D eigenvalue weighted by atomic mass is 16.5. The Labute approximate surface area is 103 Å². The van der Waals surface area contributed by atoms with Gasteiger partial charge in [0, 0.05) is 11.6 Å². The minimum Gasteiger partial charge on any atom is -0.496 e. The zero-order valence-electron chi connectivity index (χ0n) is 10.1. The van der Waals surface area contributed by atoms with E-state index in [2.05, 4.69) is 0 Å². The third-order valence-corrected chi connectivity index (χ3v) is 2.45. The molecule has 1 aromatic carbocycles. The van der Waals surface area contributed by atoms with Gasteiger partial charge in [-0.2, -0.15) is 0 Å². The molecule has 18 heavy (non-hydrogen) atoms. The number of esters is 1. The molecule has 5 heteroatoms. The monoisotopic (exact) mass is 248 g/mol. The Balaban J connectivity index is 2.56. The van der Waals surface area contributed by atoms with E-state index in [4.69, 9.17) is 13.9 Å². The highest BCUT2D eigenvalue weighted by Gasteiger charge is 2.16. The summed E-state index contributed by atoms with van der Waals surface area (Å²) < 4.78 is 15.4. The molecule has 0 aliphatic heterocycles. The molecule has 0 bridgehead atoms. The van der Waals surface area contributed by atoms with E-state index < -0.39 is 5.97 Å². The van der Waals surface area contributed by atoms with Crippen molar-refractivity contribution in [1.82, 2.24) is 0 Å². The van der Waals surface area contributed by atoms with Crippen molar-refractivity contribution in [3.63, 3.8) is 0 Å². The summed E-state index contributed by atoms with van der Waals surface area (Å²) in [6.07, 6.45) is 0.689. The molecule has 0 amide bonds. The first-order valence-corrected chi connectivity index (χ1v) is 5.43. The number of methoxy groups -OCH3 is 1. The van der Waals surface area contributed by atoms with Crippen LogP contribution in [0.2, 0.25) is 0 Å². The van der Waals surface area contributed by atoms with Crippen LogP contribution in [-0.4, -0.2) is 26.0 Å². The van der Waals surface area contributed by atoms with Gasteiger partial charge in [0.25, 0.3) is 0 Å². The van der Waals surface area contributed by atoms with Crippen LogP contribution in [0, 0.1) is 0 Å². The Morgan fingerprint density at radius 3 is 2.78 bits per heavy atom. The second-order valence-electron chi connectivity index (χ2n) is 3.58. The Morgan fingerprint density at radius 2 is 2.17 bits per heavy atom. The molecule has 0 aliphatic rings. The van der Waals surface area contributed by atoms with Crippen LogP contribution < -0.4 is 4.74 Å². The summed E-state index contributed by atoms with van der Waals surface area (Å²) in [5.74, 6) is 0.0329. The fourth-order valence-electron chi connectivity index (χ4n) is 1.67. The van der Waals surface area contributed by atoms with Gasteiger partial charge in [0.1, 0.15) is 17.6 Å². The third-order valence-electron chi connectivity index (χ3n) is 2.45. The molecule has 0 spiro atoms. The lowest BCUT2D eigenvalue weighted by Gasteiger charge is -2.00. The summed E-state index contributed by atoms with van der Waals surface area (Å²) in [7, 11) is 1.49. The highest BCUT2D eigenvalue weighted by Crippen LogP contribution is 2.30.